The number of carbonyl (C=O) groups excluding carboxylic acids is 1. The highest BCUT2D eigenvalue weighted by molar-refractivity contribution is 5.80. The van der Waals surface area contributed by atoms with Gasteiger partial charge in [-0.25, -0.2) is 0 Å². The standard InChI is InChI=1S/C10H8N2O/c11-6-8-2-1-3-10-9(8)4-5-12(10)7-13/h1-3,7H,4-5H2. The SMILES string of the molecule is N#Cc1cccc2c1CCN2C=O. The van der Waals surface area contributed by atoms with Crippen molar-refractivity contribution in [3.05, 3.63) is 29.3 Å². The maximum Gasteiger partial charge on any atom is 0.214 e. The summed E-state index contributed by atoms with van der Waals surface area (Å²) >= 11 is 0. The molecule has 0 N–H and O–H groups in total. The van der Waals surface area contributed by atoms with Crippen molar-refractivity contribution in [2.24, 2.45) is 0 Å². The summed E-state index contributed by atoms with van der Waals surface area (Å²) in [6.07, 6.45) is 1.60. The number of fused-ring (bicyclic) bond motifs is 1. The van der Waals surface area contributed by atoms with Crippen LogP contribution in [0.1, 0.15) is 11.1 Å². The summed E-state index contributed by atoms with van der Waals surface area (Å²) in [6, 6.07) is 7.59. The van der Waals surface area contributed by atoms with Crippen LogP contribution in [0, 0.1) is 11.3 Å². The maximum atomic E-state index is 10.6. The molecule has 0 saturated carbocycles. The van der Waals surface area contributed by atoms with Crippen molar-refractivity contribution in [2.75, 3.05) is 11.4 Å². The van der Waals surface area contributed by atoms with E-state index in [9.17, 15) is 4.79 Å². The van der Waals surface area contributed by atoms with Gasteiger partial charge in [-0.05, 0) is 24.1 Å². The molecule has 3 nitrogen and oxygen atoms in total. The smallest absolute Gasteiger partial charge is 0.214 e. The van der Waals surface area contributed by atoms with Gasteiger partial charge in [0.15, 0.2) is 0 Å². The molecule has 64 valence electrons. The summed E-state index contributed by atoms with van der Waals surface area (Å²) < 4.78 is 0. The quantitative estimate of drug-likeness (QED) is 0.595. The van der Waals surface area contributed by atoms with Gasteiger partial charge in [0.05, 0.1) is 11.6 Å². The summed E-state index contributed by atoms with van der Waals surface area (Å²) in [5.74, 6) is 0. The molecular weight excluding hydrogens is 164 g/mol. The summed E-state index contributed by atoms with van der Waals surface area (Å²) in [5, 5.41) is 8.80. The molecule has 0 bridgehead atoms. The molecule has 1 aliphatic rings. The van der Waals surface area contributed by atoms with Gasteiger partial charge < -0.3 is 4.90 Å². The normalized spacial score (nSPS) is 13.6. The first kappa shape index (κ1) is 7.81. The van der Waals surface area contributed by atoms with Crippen LogP contribution in [0.2, 0.25) is 0 Å². The Morgan fingerprint density at radius 3 is 3.08 bits per heavy atom. The van der Waals surface area contributed by atoms with Gasteiger partial charge in [-0.2, -0.15) is 5.26 Å². The average molecular weight is 172 g/mol. The first-order valence-corrected chi connectivity index (χ1v) is 4.10. The predicted octanol–water partition coefficient (Wildman–Crippen LogP) is 1.08. The van der Waals surface area contributed by atoms with Crippen LogP contribution in [0.3, 0.4) is 0 Å². The first-order valence-electron chi connectivity index (χ1n) is 4.10. The molecule has 0 saturated heterocycles. The van der Waals surface area contributed by atoms with Crippen LogP contribution in [0.5, 0.6) is 0 Å². The highest BCUT2D eigenvalue weighted by Crippen LogP contribution is 2.28. The predicted molar refractivity (Wildman–Crippen MR) is 48.3 cm³/mol. The third kappa shape index (κ3) is 1.07. The minimum Gasteiger partial charge on any atom is -0.314 e. The molecule has 1 aromatic carbocycles. The Balaban J connectivity index is 2.56. The Kier molecular flexibility index (Phi) is 1.75. The molecule has 0 fully saturated rings. The van der Waals surface area contributed by atoms with Crippen LogP contribution in [0.15, 0.2) is 18.2 Å². The van der Waals surface area contributed by atoms with Crippen LogP contribution < -0.4 is 4.90 Å². The first-order chi connectivity index (χ1) is 6.36. The van der Waals surface area contributed by atoms with Crippen molar-refractivity contribution in [2.45, 2.75) is 6.42 Å². The third-order valence-electron chi connectivity index (χ3n) is 2.31. The van der Waals surface area contributed by atoms with Crippen molar-refractivity contribution in [1.29, 1.82) is 5.26 Å². The molecule has 0 aliphatic carbocycles. The molecular formula is C10H8N2O. The summed E-state index contributed by atoms with van der Waals surface area (Å²) in [4.78, 5) is 12.2. The monoisotopic (exact) mass is 172 g/mol. The lowest BCUT2D eigenvalue weighted by Crippen LogP contribution is -2.17. The zero-order valence-electron chi connectivity index (χ0n) is 7.03. The van der Waals surface area contributed by atoms with Crippen LogP contribution >= 0.6 is 0 Å². The van der Waals surface area contributed by atoms with E-state index in [1.807, 2.05) is 6.07 Å². The lowest BCUT2D eigenvalue weighted by atomic mass is 10.1. The van der Waals surface area contributed by atoms with Crippen molar-refractivity contribution >= 4 is 12.1 Å². The van der Waals surface area contributed by atoms with Gasteiger partial charge in [0.1, 0.15) is 0 Å². The zero-order valence-corrected chi connectivity index (χ0v) is 7.03. The average Bonchev–Trinajstić information content (AvgIpc) is 2.60. The number of rotatable bonds is 1. The van der Waals surface area contributed by atoms with Gasteiger partial charge in [-0.1, -0.05) is 6.07 Å². The topological polar surface area (TPSA) is 44.1 Å². The fraction of sp³-hybridized carbons (Fsp3) is 0.200. The van der Waals surface area contributed by atoms with E-state index in [0.29, 0.717) is 12.1 Å². The Morgan fingerprint density at radius 1 is 1.54 bits per heavy atom. The Labute approximate surface area is 76.2 Å². The summed E-state index contributed by atoms with van der Waals surface area (Å²) in [6.45, 7) is 0.692. The lowest BCUT2D eigenvalue weighted by Gasteiger charge is -2.09. The van der Waals surface area contributed by atoms with E-state index >= 15 is 0 Å². The van der Waals surface area contributed by atoms with Crippen LogP contribution in [-0.4, -0.2) is 13.0 Å². The fourth-order valence-corrected chi connectivity index (χ4v) is 1.67. The molecule has 2 rings (SSSR count). The Morgan fingerprint density at radius 2 is 2.38 bits per heavy atom. The fourth-order valence-electron chi connectivity index (χ4n) is 1.67. The number of anilines is 1. The van der Waals surface area contributed by atoms with E-state index in [4.69, 9.17) is 5.26 Å². The van der Waals surface area contributed by atoms with Crippen molar-refractivity contribution in [1.82, 2.24) is 0 Å². The highest BCUT2D eigenvalue weighted by Gasteiger charge is 2.20. The summed E-state index contributed by atoms with van der Waals surface area (Å²) in [7, 11) is 0. The molecule has 13 heavy (non-hydrogen) atoms. The van der Waals surface area contributed by atoms with Gasteiger partial charge >= 0.3 is 0 Å². The molecule has 0 radical (unpaired) electrons. The molecule has 1 amide bonds. The van der Waals surface area contributed by atoms with E-state index in [0.717, 1.165) is 24.1 Å². The molecule has 0 atom stereocenters. The lowest BCUT2D eigenvalue weighted by molar-refractivity contribution is -0.107. The second kappa shape index (κ2) is 2.91. The van der Waals surface area contributed by atoms with Crippen molar-refractivity contribution in [3.8, 4) is 6.07 Å². The highest BCUT2D eigenvalue weighted by atomic mass is 16.1. The molecule has 0 aromatic heterocycles. The van der Waals surface area contributed by atoms with Crippen molar-refractivity contribution in [3.63, 3.8) is 0 Å². The molecule has 3 heteroatoms. The molecule has 0 spiro atoms. The molecule has 1 aromatic rings. The van der Waals surface area contributed by atoms with E-state index in [1.165, 1.54) is 0 Å². The number of carbonyl (C=O) groups is 1. The minimum atomic E-state index is 0.682. The summed E-state index contributed by atoms with van der Waals surface area (Å²) in [5.41, 5.74) is 2.56. The van der Waals surface area contributed by atoms with E-state index in [2.05, 4.69) is 6.07 Å². The zero-order chi connectivity index (χ0) is 9.26. The van der Waals surface area contributed by atoms with Gasteiger partial charge in [-0.15, -0.1) is 0 Å². The van der Waals surface area contributed by atoms with Gasteiger partial charge in [0, 0.05) is 12.2 Å². The molecule has 1 heterocycles. The number of hydrogen-bond acceptors (Lipinski definition) is 2. The van der Waals surface area contributed by atoms with Gasteiger partial charge in [-0.3, -0.25) is 4.79 Å². The van der Waals surface area contributed by atoms with E-state index in [-0.39, 0.29) is 0 Å². The second-order valence-electron chi connectivity index (χ2n) is 2.96. The molecule has 1 aliphatic heterocycles. The minimum absolute atomic E-state index is 0.682. The van der Waals surface area contributed by atoms with Gasteiger partial charge in [0.25, 0.3) is 0 Å². The van der Waals surface area contributed by atoms with Crippen LogP contribution in [0.4, 0.5) is 5.69 Å². The van der Waals surface area contributed by atoms with E-state index in [1.54, 1.807) is 17.0 Å². The van der Waals surface area contributed by atoms with Crippen molar-refractivity contribution < 1.29 is 4.79 Å². The number of nitriles is 1. The largest absolute Gasteiger partial charge is 0.314 e. The third-order valence-corrected chi connectivity index (χ3v) is 2.31. The van der Waals surface area contributed by atoms with E-state index < -0.39 is 0 Å². The Bertz CT molecular complexity index is 392. The second-order valence-corrected chi connectivity index (χ2v) is 2.96. The number of amides is 1. The number of hydrogen-bond donors (Lipinski definition) is 0. The number of nitrogens with zero attached hydrogens (tertiary/aromatic N) is 2. The maximum absolute atomic E-state index is 10.6. The Hall–Kier alpha value is -1.82. The van der Waals surface area contributed by atoms with Crippen LogP contribution in [-0.2, 0) is 11.2 Å². The number of benzene rings is 1. The van der Waals surface area contributed by atoms with Crippen LogP contribution in [0.25, 0.3) is 0 Å². The van der Waals surface area contributed by atoms with Gasteiger partial charge in [0.2, 0.25) is 6.41 Å². The molecule has 0 unspecified atom stereocenters.